The maximum atomic E-state index is 11.5. The van der Waals surface area contributed by atoms with Crippen molar-refractivity contribution in [2.24, 2.45) is 5.92 Å². The molecule has 0 spiro atoms. The van der Waals surface area contributed by atoms with Crippen molar-refractivity contribution in [3.8, 4) is 0 Å². The molecule has 0 bridgehead atoms. The average Bonchev–Trinajstić information content (AvgIpc) is 2.10. The number of hydrogen-bond donors (Lipinski definition) is 2. The number of amides is 1. The summed E-state index contributed by atoms with van der Waals surface area (Å²) in [6.45, 7) is 1.91. The van der Waals surface area contributed by atoms with Crippen LogP contribution in [0.3, 0.4) is 0 Å². The van der Waals surface area contributed by atoms with Gasteiger partial charge in [0.15, 0.2) is 0 Å². The number of carbonyl (C=O) groups is 2. The van der Waals surface area contributed by atoms with Crippen LogP contribution in [0, 0.1) is 5.92 Å². The number of rotatable bonds is 6. The van der Waals surface area contributed by atoms with E-state index in [1.165, 1.54) is 6.42 Å². The second kappa shape index (κ2) is 5.73. The number of carbonyl (C=O) groups excluding carboxylic acids is 1. The van der Waals surface area contributed by atoms with Gasteiger partial charge in [-0.15, -0.1) is 0 Å². The lowest BCUT2D eigenvalue weighted by molar-refractivity contribution is -0.142. The first-order valence-electron chi connectivity index (χ1n) is 5.65. The molecular formula is C11H19NO3. The Labute approximate surface area is 90.0 Å². The van der Waals surface area contributed by atoms with Gasteiger partial charge in [0, 0.05) is 6.42 Å². The fourth-order valence-electron chi connectivity index (χ4n) is 1.76. The van der Waals surface area contributed by atoms with Gasteiger partial charge in [-0.2, -0.15) is 0 Å². The highest BCUT2D eigenvalue weighted by molar-refractivity contribution is 5.83. The monoisotopic (exact) mass is 213 g/mol. The first kappa shape index (κ1) is 12.0. The normalized spacial score (nSPS) is 17.9. The van der Waals surface area contributed by atoms with E-state index >= 15 is 0 Å². The molecule has 0 aliphatic heterocycles. The molecule has 1 rings (SSSR count). The van der Waals surface area contributed by atoms with Gasteiger partial charge in [-0.3, -0.25) is 4.79 Å². The highest BCUT2D eigenvalue weighted by Gasteiger charge is 2.24. The standard InChI is InChI=1S/C11H19NO3/c1-2-4-9(11(14)15)12-10(13)7-8-5-3-6-8/h8-9H,2-7H2,1H3,(H,12,13)(H,14,15)/t9-/m1/s1. The third-order valence-corrected chi connectivity index (χ3v) is 2.91. The van der Waals surface area contributed by atoms with E-state index in [-0.39, 0.29) is 5.91 Å². The molecule has 1 aliphatic carbocycles. The van der Waals surface area contributed by atoms with Crippen LogP contribution in [-0.2, 0) is 9.59 Å². The maximum Gasteiger partial charge on any atom is 0.326 e. The van der Waals surface area contributed by atoms with E-state index in [0.29, 0.717) is 18.8 Å². The molecule has 1 fully saturated rings. The van der Waals surface area contributed by atoms with Crippen LogP contribution in [0.25, 0.3) is 0 Å². The molecule has 0 aromatic heterocycles. The molecule has 0 saturated heterocycles. The Morgan fingerprint density at radius 1 is 1.47 bits per heavy atom. The molecule has 0 radical (unpaired) electrons. The van der Waals surface area contributed by atoms with E-state index in [1.807, 2.05) is 6.92 Å². The van der Waals surface area contributed by atoms with Crippen LogP contribution < -0.4 is 5.32 Å². The van der Waals surface area contributed by atoms with Crippen molar-refractivity contribution in [1.82, 2.24) is 5.32 Å². The summed E-state index contributed by atoms with van der Waals surface area (Å²) < 4.78 is 0. The molecule has 1 aliphatic rings. The van der Waals surface area contributed by atoms with E-state index in [9.17, 15) is 9.59 Å². The van der Waals surface area contributed by atoms with Crippen molar-refractivity contribution in [1.29, 1.82) is 0 Å². The lowest BCUT2D eigenvalue weighted by atomic mass is 9.83. The van der Waals surface area contributed by atoms with E-state index in [1.54, 1.807) is 0 Å². The van der Waals surface area contributed by atoms with Gasteiger partial charge in [0.1, 0.15) is 6.04 Å². The predicted octanol–water partition coefficient (Wildman–Crippen LogP) is 1.55. The smallest absolute Gasteiger partial charge is 0.326 e. The number of carboxylic acid groups (broad SMARTS) is 1. The Balaban J connectivity index is 2.28. The molecule has 1 atom stereocenters. The van der Waals surface area contributed by atoms with E-state index in [2.05, 4.69) is 5.32 Å². The number of hydrogen-bond acceptors (Lipinski definition) is 2. The fourth-order valence-corrected chi connectivity index (χ4v) is 1.76. The van der Waals surface area contributed by atoms with Gasteiger partial charge in [-0.25, -0.2) is 4.79 Å². The zero-order valence-corrected chi connectivity index (χ0v) is 9.16. The van der Waals surface area contributed by atoms with Crippen LogP contribution in [0.1, 0.15) is 45.4 Å². The molecule has 1 amide bonds. The van der Waals surface area contributed by atoms with Gasteiger partial charge < -0.3 is 10.4 Å². The van der Waals surface area contributed by atoms with Gasteiger partial charge in [0.05, 0.1) is 0 Å². The summed E-state index contributed by atoms with van der Waals surface area (Å²) >= 11 is 0. The Morgan fingerprint density at radius 2 is 2.13 bits per heavy atom. The van der Waals surface area contributed by atoms with Crippen molar-refractivity contribution in [2.45, 2.75) is 51.5 Å². The molecular weight excluding hydrogens is 194 g/mol. The first-order valence-corrected chi connectivity index (χ1v) is 5.65. The lowest BCUT2D eigenvalue weighted by Crippen LogP contribution is -2.41. The van der Waals surface area contributed by atoms with Crippen LogP contribution >= 0.6 is 0 Å². The molecule has 0 aromatic carbocycles. The molecule has 4 nitrogen and oxygen atoms in total. The van der Waals surface area contributed by atoms with E-state index in [0.717, 1.165) is 19.3 Å². The molecule has 1 saturated carbocycles. The summed E-state index contributed by atoms with van der Waals surface area (Å²) in [7, 11) is 0. The number of aliphatic carboxylic acids is 1. The molecule has 4 heteroatoms. The summed E-state index contributed by atoms with van der Waals surface area (Å²) in [5.74, 6) is -0.555. The zero-order chi connectivity index (χ0) is 11.3. The second-order valence-corrected chi connectivity index (χ2v) is 4.25. The molecule has 0 aromatic rings. The molecule has 2 N–H and O–H groups in total. The van der Waals surface area contributed by atoms with Gasteiger partial charge in [-0.1, -0.05) is 19.8 Å². The van der Waals surface area contributed by atoms with E-state index in [4.69, 9.17) is 5.11 Å². The fraction of sp³-hybridized carbons (Fsp3) is 0.818. The largest absolute Gasteiger partial charge is 0.480 e. The van der Waals surface area contributed by atoms with Gasteiger partial charge >= 0.3 is 5.97 Å². The lowest BCUT2D eigenvalue weighted by Gasteiger charge is -2.25. The van der Waals surface area contributed by atoms with Crippen LogP contribution in [0.5, 0.6) is 0 Å². The predicted molar refractivity (Wildman–Crippen MR) is 56.4 cm³/mol. The second-order valence-electron chi connectivity index (χ2n) is 4.25. The van der Waals surface area contributed by atoms with E-state index < -0.39 is 12.0 Å². The zero-order valence-electron chi connectivity index (χ0n) is 9.16. The first-order chi connectivity index (χ1) is 7.13. The maximum absolute atomic E-state index is 11.5. The summed E-state index contributed by atoms with van der Waals surface area (Å²) in [5.41, 5.74) is 0. The van der Waals surface area contributed by atoms with Crippen molar-refractivity contribution >= 4 is 11.9 Å². The van der Waals surface area contributed by atoms with Crippen molar-refractivity contribution in [3.05, 3.63) is 0 Å². The quantitative estimate of drug-likeness (QED) is 0.703. The minimum atomic E-state index is -0.932. The molecule has 86 valence electrons. The minimum absolute atomic E-state index is 0.111. The van der Waals surface area contributed by atoms with Crippen LogP contribution in [0.15, 0.2) is 0 Å². The van der Waals surface area contributed by atoms with Crippen molar-refractivity contribution in [2.75, 3.05) is 0 Å². The van der Waals surface area contributed by atoms with Crippen LogP contribution in [0.4, 0.5) is 0 Å². The van der Waals surface area contributed by atoms with Crippen LogP contribution in [-0.4, -0.2) is 23.0 Å². The Hall–Kier alpha value is -1.06. The van der Waals surface area contributed by atoms with Crippen molar-refractivity contribution < 1.29 is 14.7 Å². The summed E-state index contributed by atoms with van der Waals surface area (Å²) in [6.07, 6.45) is 5.19. The number of carboxylic acids is 1. The highest BCUT2D eigenvalue weighted by Crippen LogP contribution is 2.29. The molecule has 0 unspecified atom stereocenters. The van der Waals surface area contributed by atoms with Gasteiger partial charge in [0.25, 0.3) is 0 Å². The number of nitrogens with one attached hydrogen (secondary N) is 1. The summed E-state index contributed by atoms with van der Waals surface area (Å²) in [4.78, 5) is 22.2. The topological polar surface area (TPSA) is 66.4 Å². The van der Waals surface area contributed by atoms with Gasteiger partial charge in [0.2, 0.25) is 5.91 Å². The molecule has 15 heavy (non-hydrogen) atoms. The SMILES string of the molecule is CCC[C@@H](NC(=O)CC1CCC1)C(=O)O. The Bertz CT molecular complexity index is 236. The Morgan fingerprint density at radius 3 is 2.53 bits per heavy atom. The van der Waals surface area contributed by atoms with Crippen LogP contribution in [0.2, 0.25) is 0 Å². The average molecular weight is 213 g/mol. The summed E-state index contributed by atoms with van der Waals surface area (Å²) in [6, 6.07) is -0.706. The Kier molecular flexibility index (Phi) is 4.59. The van der Waals surface area contributed by atoms with Gasteiger partial charge in [-0.05, 0) is 25.2 Å². The minimum Gasteiger partial charge on any atom is -0.480 e. The summed E-state index contributed by atoms with van der Waals surface area (Å²) in [5, 5.41) is 11.4. The van der Waals surface area contributed by atoms with Crippen molar-refractivity contribution in [3.63, 3.8) is 0 Å². The third kappa shape index (κ3) is 3.90. The third-order valence-electron chi connectivity index (χ3n) is 2.91. The molecule has 0 heterocycles. The highest BCUT2D eigenvalue weighted by atomic mass is 16.4.